The Morgan fingerprint density at radius 1 is 1.17 bits per heavy atom. The second kappa shape index (κ2) is 8.50. The smallest absolute Gasteiger partial charge is 0.315 e. The van der Waals surface area contributed by atoms with Gasteiger partial charge in [-0.15, -0.1) is 0 Å². The number of carboxylic acid groups (broad SMARTS) is 1. The van der Waals surface area contributed by atoms with Gasteiger partial charge in [-0.3, -0.25) is 4.79 Å². The van der Waals surface area contributed by atoms with Crippen molar-refractivity contribution in [3.8, 4) is 0 Å². The number of hydrogen-bond donors (Lipinski definition) is 2. The summed E-state index contributed by atoms with van der Waals surface area (Å²) in [6, 6.07) is 9.64. The van der Waals surface area contributed by atoms with E-state index in [4.69, 9.17) is 18.6 Å². The van der Waals surface area contributed by atoms with Crippen molar-refractivity contribution in [1.29, 1.82) is 0 Å². The molecule has 2 aliphatic heterocycles. The van der Waals surface area contributed by atoms with Gasteiger partial charge in [-0.1, -0.05) is 63.3 Å². The van der Waals surface area contributed by atoms with Crippen molar-refractivity contribution < 1.29 is 33.6 Å². The Labute approximate surface area is 208 Å². The summed E-state index contributed by atoms with van der Waals surface area (Å²) in [5, 5.41) is 20.9. The third kappa shape index (κ3) is 3.68. The van der Waals surface area contributed by atoms with Crippen molar-refractivity contribution in [3.63, 3.8) is 0 Å². The topological polar surface area (TPSA) is 94.5 Å². The number of carboxylic acids is 1. The highest BCUT2D eigenvalue weighted by atomic mass is 28.4. The summed E-state index contributed by atoms with van der Waals surface area (Å²) in [7, 11) is -2.16. The van der Waals surface area contributed by atoms with E-state index >= 15 is 0 Å². The monoisotopic (exact) mass is 502 g/mol. The van der Waals surface area contributed by atoms with Crippen LogP contribution in [0.25, 0.3) is 0 Å². The molecule has 7 nitrogen and oxygen atoms in total. The number of aliphatic carboxylic acids is 1. The van der Waals surface area contributed by atoms with E-state index in [9.17, 15) is 15.0 Å². The molecule has 4 aliphatic rings. The molecule has 1 unspecified atom stereocenters. The van der Waals surface area contributed by atoms with Crippen LogP contribution >= 0.6 is 0 Å². The van der Waals surface area contributed by atoms with Crippen molar-refractivity contribution in [2.45, 2.75) is 82.5 Å². The second-order valence-electron chi connectivity index (χ2n) is 12.1. The first-order chi connectivity index (χ1) is 16.5. The molecule has 5 rings (SSSR count). The van der Waals surface area contributed by atoms with Crippen molar-refractivity contribution in [2.75, 3.05) is 13.2 Å². The SMILES string of the molecule is CC(C)(C)[Si](C)(C)OC1C=C[C@@]2(CCO)[C@@H]3C[C@@H](O[C@H](c4ccccc4)O3)[C@@]3(C(=O)O)CO[C@@H]1[C@H]23. The summed E-state index contributed by atoms with van der Waals surface area (Å²) in [5.74, 6) is -1.34. The van der Waals surface area contributed by atoms with Crippen LogP contribution in [-0.2, 0) is 23.4 Å². The summed E-state index contributed by atoms with van der Waals surface area (Å²) >= 11 is 0. The molecule has 0 radical (unpaired) electrons. The molecule has 3 fully saturated rings. The van der Waals surface area contributed by atoms with E-state index in [2.05, 4.69) is 39.9 Å². The van der Waals surface area contributed by atoms with E-state index in [-0.39, 0.29) is 30.5 Å². The zero-order valence-electron chi connectivity index (χ0n) is 21.3. The maximum absolute atomic E-state index is 13.1. The zero-order chi connectivity index (χ0) is 25.2. The first-order valence-electron chi connectivity index (χ1n) is 12.7. The van der Waals surface area contributed by atoms with E-state index in [0.29, 0.717) is 12.8 Å². The van der Waals surface area contributed by atoms with Crippen LogP contribution < -0.4 is 0 Å². The molecule has 1 saturated carbocycles. The summed E-state index contributed by atoms with van der Waals surface area (Å²) in [6.45, 7) is 10.9. The predicted octanol–water partition coefficient (Wildman–Crippen LogP) is 4.29. The Hall–Kier alpha value is -1.55. The van der Waals surface area contributed by atoms with Crippen LogP contribution in [0.4, 0.5) is 0 Å². The Morgan fingerprint density at radius 3 is 2.49 bits per heavy atom. The van der Waals surface area contributed by atoms with E-state index < -0.39 is 49.5 Å². The molecule has 2 bridgehead atoms. The number of carbonyl (C=O) groups is 1. The van der Waals surface area contributed by atoms with Crippen LogP contribution in [0.5, 0.6) is 0 Å². The van der Waals surface area contributed by atoms with E-state index in [1.165, 1.54) is 0 Å². The maximum Gasteiger partial charge on any atom is 0.315 e. The molecule has 35 heavy (non-hydrogen) atoms. The highest BCUT2D eigenvalue weighted by Crippen LogP contribution is 2.65. The van der Waals surface area contributed by atoms with Gasteiger partial charge in [-0.2, -0.15) is 0 Å². The Bertz CT molecular complexity index is 989. The van der Waals surface area contributed by atoms with Crippen molar-refractivity contribution in [2.24, 2.45) is 16.7 Å². The van der Waals surface area contributed by atoms with Crippen LogP contribution in [0, 0.1) is 16.7 Å². The fourth-order valence-corrected chi connectivity index (χ4v) is 7.75. The van der Waals surface area contributed by atoms with Gasteiger partial charge < -0.3 is 28.8 Å². The van der Waals surface area contributed by atoms with Gasteiger partial charge in [0.25, 0.3) is 0 Å². The minimum Gasteiger partial charge on any atom is -0.481 e. The minimum atomic E-state index is -2.16. The zero-order valence-corrected chi connectivity index (χ0v) is 22.3. The lowest BCUT2D eigenvalue weighted by Crippen LogP contribution is -2.68. The van der Waals surface area contributed by atoms with E-state index in [1.54, 1.807) is 0 Å². The molecule has 0 spiro atoms. The third-order valence-electron chi connectivity index (χ3n) is 9.33. The Balaban J connectivity index is 1.60. The Morgan fingerprint density at radius 2 is 1.86 bits per heavy atom. The first kappa shape index (κ1) is 25.1. The van der Waals surface area contributed by atoms with E-state index in [1.807, 2.05) is 36.4 Å². The fraction of sp³-hybridized carbons (Fsp3) is 0.667. The predicted molar refractivity (Wildman–Crippen MR) is 132 cm³/mol. The molecular weight excluding hydrogens is 464 g/mol. The largest absolute Gasteiger partial charge is 0.481 e. The molecule has 2 N–H and O–H groups in total. The van der Waals surface area contributed by atoms with Gasteiger partial charge in [-0.05, 0) is 24.6 Å². The normalized spacial score (nSPS) is 40.4. The maximum atomic E-state index is 13.1. The first-order valence-corrected chi connectivity index (χ1v) is 15.6. The number of rotatable bonds is 6. The number of hydrogen-bond acceptors (Lipinski definition) is 6. The van der Waals surface area contributed by atoms with Crippen molar-refractivity contribution in [1.82, 2.24) is 0 Å². The van der Waals surface area contributed by atoms with Gasteiger partial charge in [0.1, 0.15) is 5.41 Å². The lowest BCUT2D eigenvalue weighted by Gasteiger charge is -2.61. The average molecular weight is 503 g/mol. The second-order valence-corrected chi connectivity index (χ2v) is 16.9. The van der Waals surface area contributed by atoms with Crippen LogP contribution in [0.3, 0.4) is 0 Å². The van der Waals surface area contributed by atoms with Gasteiger partial charge >= 0.3 is 5.97 Å². The number of ether oxygens (including phenoxy) is 3. The van der Waals surface area contributed by atoms with Crippen LogP contribution in [0.1, 0.15) is 45.5 Å². The number of fused-ring (bicyclic) bond motifs is 4. The lowest BCUT2D eigenvalue weighted by atomic mass is 9.48. The average Bonchev–Trinajstić information content (AvgIpc) is 3.23. The molecule has 8 atom stereocenters. The van der Waals surface area contributed by atoms with Crippen molar-refractivity contribution >= 4 is 14.3 Å². The molecule has 192 valence electrons. The lowest BCUT2D eigenvalue weighted by molar-refractivity contribution is -0.326. The summed E-state index contributed by atoms with van der Waals surface area (Å²) in [6.07, 6.45) is 2.65. The van der Waals surface area contributed by atoms with Crippen LogP contribution in [0.2, 0.25) is 18.1 Å². The standard InChI is InChI=1S/C27H38O7Si/c1-25(2,3)35(4,5)34-18-11-12-26(13-14-28)19-15-20(27(24(29)30)16-31-21(18)22(26)27)33-23(32-19)17-9-7-6-8-10-17/h6-12,18-23,28H,13-16H2,1-5H3,(H,29,30)/t18?,19-,20+,21-,22+,23+,26+,27-/m0/s1. The van der Waals surface area contributed by atoms with Gasteiger partial charge in [0.05, 0.1) is 31.0 Å². The molecule has 0 aromatic heterocycles. The van der Waals surface area contributed by atoms with Crippen molar-refractivity contribution in [3.05, 3.63) is 48.0 Å². The minimum absolute atomic E-state index is 0.00116. The number of benzene rings is 1. The highest BCUT2D eigenvalue weighted by molar-refractivity contribution is 6.74. The summed E-state index contributed by atoms with van der Waals surface area (Å²) < 4.78 is 26.1. The van der Waals surface area contributed by atoms with Gasteiger partial charge in [0.15, 0.2) is 14.6 Å². The molecule has 2 heterocycles. The molecule has 1 aromatic carbocycles. The van der Waals surface area contributed by atoms with Crippen LogP contribution in [0.15, 0.2) is 42.5 Å². The fourth-order valence-electron chi connectivity index (χ4n) is 6.50. The summed E-state index contributed by atoms with van der Waals surface area (Å²) in [5.41, 5.74) is -1.07. The molecule has 1 aromatic rings. The molecule has 0 amide bonds. The molecule has 2 saturated heterocycles. The molecule has 2 aliphatic carbocycles. The molecule has 8 heteroatoms. The van der Waals surface area contributed by atoms with E-state index in [0.717, 1.165) is 5.56 Å². The Kier molecular flexibility index (Phi) is 6.10. The highest BCUT2D eigenvalue weighted by Gasteiger charge is 2.74. The molecular formula is C27H38O7Si. The summed E-state index contributed by atoms with van der Waals surface area (Å²) in [4.78, 5) is 13.1. The third-order valence-corrected chi connectivity index (χ3v) is 13.8. The van der Waals surface area contributed by atoms with Gasteiger partial charge in [0.2, 0.25) is 0 Å². The number of aliphatic hydroxyl groups excluding tert-OH is 1. The van der Waals surface area contributed by atoms with Crippen LogP contribution in [-0.4, -0.2) is 62.1 Å². The van der Waals surface area contributed by atoms with Gasteiger partial charge in [0, 0.05) is 29.9 Å². The van der Waals surface area contributed by atoms with Gasteiger partial charge in [-0.25, -0.2) is 0 Å². The quantitative estimate of drug-likeness (QED) is 0.443. The number of aliphatic hydroxyl groups is 1.